The van der Waals surface area contributed by atoms with Crippen LogP contribution >= 0.6 is 0 Å². The third-order valence-electron chi connectivity index (χ3n) is 7.21. The molecular weight excluding hydrogens is 348 g/mol. The first kappa shape index (κ1) is 17.2. The van der Waals surface area contributed by atoms with E-state index >= 15 is 0 Å². The van der Waals surface area contributed by atoms with Crippen LogP contribution in [0.15, 0.2) is 6.07 Å². The zero-order valence-electron chi connectivity index (χ0n) is 15.2. The van der Waals surface area contributed by atoms with Gasteiger partial charge in [-0.05, 0) is 55.8 Å². The molecule has 0 radical (unpaired) electrons. The molecule has 2 amide bonds. The minimum Gasteiger partial charge on any atom is -0.389 e. The second-order valence-electron chi connectivity index (χ2n) is 8.94. The summed E-state index contributed by atoms with van der Waals surface area (Å²) < 4.78 is 1.37. The lowest BCUT2D eigenvalue weighted by atomic mass is 9.50. The normalized spacial score (nSPS) is 39.6. The van der Waals surface area contributed by atoms with Crippen molar-refractivity contribution in [1.82, 2.24) is 20.4 Å². The van der Waals surface area contributed by atoms with E-state index in [0.717, 1.165) is 37.5 Å². The van der Waals surface area contributed by atoms with Gasteiger partial charge < -0.3 is 20.8 Å². The van der Waals surface area contributed by atoms with E-state index in [2.05, 4.69) is 15.7 Å². The summed E-state index contributed by atoms with van der Waals surface area (Å²) in [7, 11) is 0. The molecule has 5 aliphatic rings. The van der Waals surface area contributed by atoms with Crippen molar-refractivity contribution in [3.05, 3.63) is 17.5 Å². The zero-order valence-corrected chi connectivity index (χ0v) is 15.2. The largest absolute Gasteiger partial charge is 0.389 e. The molecule has 2 heterocycles. The SMILES string of the molecule is O=C(NCC1(O)C2CC3CC(C2)CC1C3)c1cc2n(n1)CC(O)CNC2=O. The maximum atomic E-state index is 12.6. The van der Waals surface area contributed by atoms with Crippen molar-refractivity contribution in [2.24, 2.45) is 23.7 Å². The van der Waals surface area contributed by atoms with Crippen LogP contribution in [0.2, 0.25) is 0 Å². The van der Waals surface area contributed by atoms with Crippen molar-refractivity contribution in [3.63, 3.8) is 0 Å². The maximum Gasteiger partial charge on any atom is 0.271 e. The summed E-state index contributed by atoms with van der Waals surface area (Å²) in [4.78, 5) is 24.7. The Morgan fingerprint density at radius 2 is 1.93 bits per heavy atom. The highest BCUT2D eigenvalue weighted by Gasteiger charge is 2.56. The Kier molecular flexibility index (Phi) is 3.84. The van der Waals surface area contributed by atoms with Crippen molar-refractivity contribution in [1.29, 1.82) is 0 Å². The fourth-order valence-electron chi connectivity index (χ4n) is 6.02. The van der Waals surface area contributed by atoms with Gasteiger partial charge in [0.15, 0.2) is 5.69 Å². The van der Waals surface area contributed by atoms with Gasteiger partial charge in [0.2, 0.25) is 0 Å². The number of aliphatic hydroxyl groups excluding tert-OH is 1. The molecule has 1 atom stereocenters. The maximum absolute atomic E-state index is 12.6. The van der Waals surface area contributed by atoms with E-state index in [0.29, 0.717) is 0 Å². The van der Waals surface area contributed by atoms with Gasteiger partial charge in [-0.2, -0.15) is 5.10 Å². The van der Waals surface area contributed by atoms with Gasteiger partial charge in [-0.3, -0.25) is 14.3 Å². The zero-order chi connectivity index (χ0) is 18.8. The molecule has 1 unspecified atom stereocenters. The summed E-state index contributed by atoms with van der Waals surface area (Å²) in [6.45, 7) is 0.567. The summed E-state index contributed by atoms with van der Waals surface area (Å²) in [6.07, 6.45) is 4.84. The molecule has 1 aliphatic heterocycles. The summed E-state index contributed by atoms with van der Waals surface area (Å²) in [6, 6.07) is 1.45. The first-order chi connectivity index (χ1) is 12.9. The van der Waals surface area contributed by atoms with Gasteiger partial charge in [-0.15, -0.1) is 0 Å². The molecule has 6 rings (SSSR count). The molecule has 1 aromatic heterocycles. The van der Waals surface area contributed by atoms with Crippen molar-refractivity contribution in [2.75, 3.05) is 13.1 Å². The highest BCUT2D eigenvalue weighted by Crippen LogP contribution is 2.58. The van der Waals surface area contributed by atoms with E-state index in [1.165, 1.54) is 17.2 Å². The molecule has 0 spiro atoms. The predicted octanol–water partition coefficient (Wildman–Crippen LogP) is -0.0956. The van der Waals surface area contributed by atoms with Gasteiger partial charge in [-0.25, -0.2) is 0 Å². The average Bonchev–Trinajstić information content (AvgIpc) is 3.00. The molecule has 146 valence electrons. The standard InChI is InChI=1S/C19H26N4O4/c24-14-7-20-18(26)16-6-15(22-23(16)8-14)17(25)21-9-19(27)12-2-10-1-11(4-12)5-13(19)3-10/h6,10-14,24,27H,1-5,7-9H2,(H,20,26)(H,21,25). The van der Waals surface area contributed by atoms with Gasteiger partial charge in [0.1, 0.15) is 5.69 Å². The summed E-state index contributed by atoms with van der Waals surface area (Å²) in [5.41, 5.74) is -0.417. The molecule has 1 aromatic rings. The lowest BCUT2D eigenvalue weighted by Crippen LogP contribution is -2.62. The summed E-state index contributed by atoms with van der Waals surface area (Å²) in [5.74, 6) is 1.30. The molecule has 0 aromatic carbocycles. The number of β-amino-alcohol motifs (C(OH)–C–C–N with tert-alkyl or cyclic N) is 1. The quantitative estimate of drug-likeness (QED) is 0.590. The highest BCUT2D eigenvalue weighted by molar-refractivity contribution is 5.98. The first-order valence-corrected chi connectivity index (χ1v) is 9.97. The number of carbonyl (C=O) groups is 2. The predicted molar refractivity (Wildman–Crippen MR) is 94.9 cm³/mol. The van der Waals surface area contributed by atoms with Gasteiger partial charge in [0.05, 0.1) is 18.2 Å². The van der Waals surface area contributed by atoms with E-state index in [4.69, 9.17) is 0 Å². The second kappa shape index (κ2) is 6.04. The fourth-order valence-corrected chi connectivity index (χ4v) is 6.02. The number of aromatic nitrogens is 2. The first-order valence-electron chi connectivity index (χ1n) is 9.97. The molecule has 4 saturated carbocycles. The molecular formula is C19H26N4O4. The minimum absolute atomic E-state index is 0.140. The van der Waals surface area contributed by atoms with Crippen LogP contribution in [-0.4, -0.2) is 56.6 Å². The van der Waals surface area contributed by atoms with E-state index in [-0.39, 0.29) is 54.7 Å². The lowest BCUT2D eigenvalue weighted by Gasteiger charge is -2.58. The Hall–Kier alpha value is -1.93. The molecule has 4 aliphatic carbocycles. The van der Waals surface area contributed by atoms with Crippen molar-refractivity contribution in [3.8, 4) is 0 Å². The number of carbonyl (C=O) groups excluding carboxylic acids is 2. The molecule has 4 bridgehead atoms. The van der Waals surface area contributed by atoms with Crippen LogP contribution in [0.1, 0.15) is 53.1 Å². The second-order valence-corrected chi connectivity index (χ2v) is 8.94. The van der Waals surface area contributed by atoms with Gasteiger partial charge >= 0.3 is 0 Å². The molecule has 4 fully saturated rings. The minimum atomic E-state index is -0.826. The Labute approximate surface area is 157 Å². The highest BCUT2D eigenvalue weighted by atomic mass is 16.3. The Morgan fingerprint density at radius 1 is 1.26 bits per heavy atom. The number of nitrogens with zero attached hydrogens (tertiary/aromatic N) is 2. The van der Waals surface area contributed by atoms with Gasteiger partial charge in [0, 0.05) is 19.2 Å². The number of nitrogens with one attached hydrogen (secondary N) is 2. The number of fused-ring (bicyclic) bond motifs is 1. The van der Waals surface area contributed by atoms with Crippen LogP contribution in [0, 0.1) is 23.7 Å². The van der Waals surface area contributed by atoms with Crippen LogP contribution in [0.4, 0.5) is 0 Å². The van der Waals surface area contributed by atoms with Crippen molar-refractivity contribution in [2.45, 2.75) is 50.4 Å². The number of aliphatic hydroxyl groups is 2. The molecule has 27 heavy (non-hydrogen) atoms. The van der Waals surface area contributed by atoms with Crippen LogP contribution < -0.4 is 10.6 Å². The summed E-state index contributed by atoms with van der Waals surface area (Å²) >= 11 is 0. The van der Waals surface area contributed by atoms with Crippen LogP contribution in [0.3, 0.4) is 0 Å². The Balaban J connectivity index is 1.30. The topological polar surface area (TPSA) is 116 Å². The van der Waals surface area contributed by atoms with E-state index in [9.17, 15) is 19.8 Å². The Bertz CT molecular complexity index is 761. The number of amides is 2. The average molecular weight is 374 g/mol. The fraction of sp³-hybridized carbons (Fsp3) is 0.737. The van der Waals surface area contributed by atoms with Crippen molar-refractivity contribution >= 4 is 11.8 Å². The monoisotopic (exact) mass is 374 g/mol. The van der Waals surface area contributed by atoms with E-state index in [1.54, 1.807) is 0 Å². The van der Waals surface area contributed by atoms with Crippen LogP contribution in [0.5, 0.6) is 0 Å². The molecule has 8 nitrogen and oxygen atoms in total. The number of rotatable bonds is 3. The van der Waals surface area contributed by atoms with Gasteiger partial charge in [0.25, 0.3) is 11.8 Å². The van der Waals surface area contributed by atoms with E-state index in [1.807, 2.05) is 0 Å². The van der Waals surface area contributed by atoms with Crippen LogP contribution in [-0.2, 0) is 6.54 Å². The van der Waals surface area contributed by atoms with E-state index < -0.39 is 11.7 Å². The number of hydrogen-bond acceptors (Lipinski definition) is 5. The van der Waals surface area contributed by atoms with Crippen molar-refractivity contribution < 1.29 is 19.8 Å². The Morgan fingerprint density at radius 3 is 2.59 bits per heavy atom. The molecule has 4 N–H and O–H groups in total. The van der Waals surface area contributed by atoms with Crippen LogP contribution in [0.25, 0.3) is 0 Å². The molecule has 0 saturated heterocycles. The van der Waals surface area contributed by atoms with Gasteiger partial charge in [-0.1, -0.05) is 0 Å². The third-order valence-corrected chi connectivity index (χ3v) is 7.21. The third kappa shape index (κ3) is 2.77. The lowest BCUT2D eigenvalue weighted by molar-refractivity contribution is -0.168. The summed E-state index contributed by atoms with van der Waals surface area (Å²) in [5, 5.41) is 30.8. The number of hydrogen-bond donors (Lipinski definition) is 4. The smallest absolute Gasteiger partial charge is 0.271 e. The molecule has 8 heteroatoms.